The second kappa shape index (κ2) is 5.15. The highest BCUT2D eigenvalue weighted by molar-refractivity contribution is 5.98. The van der Waals surface area contributed by atoms with Crippen LogP contribution in [0, 0.1) is 0 Å². The molecule has 0 unspecified atom stereocenters. The van der Waals surface area contributed by atoms with E-state index in [1.807, 2.05) is 42.5 Å². The van der Waals surface area contributed by atoms with Gasteiger partial charge in [0.1, 0.15) is 0 Å². The fourth-order valence-corrected chi connectivity index (χ4v) is 1.65. The molecule has 0 heterocycles. The van der Waals surface area contributed by atoms with Gasteiger partial charge in [0.25, 0.3) is 5.91 Å². The summed E-state index contributed by atoms with van der Waals surface area (Å²) < 4.78 is 0. The third kappa shape index (κ3) is 2.63. The number of carbonyl (C=O) groups excluding carboxylic acids is 1. The minimum absolute atomic E-state index is 0.0812. The quantitative estimate of drug-likeness (QED) is 0.796. The molecule has 0 atom stereocenters. The van der Waals surface area contributed by atoms with E-state index >= 15 is 0 Å². The van der Waals surface area contributed by atoms with Gasteiger partial charge in [-0.1, -0.05) is 36.9 Å². The maximum absolute atomic E-state index is 11.8. The van der Waals surface area contributed by atoms with Crippen LogP contribution in [0.15, 0.2) is 60.9 Å². The van der Waals surface area contributed by atoms with Crippen molar-refractivity contribution < 1.29 is 4.79 Å². The van der Waals surface area contributed by atoms with Gasteiger partial charge in [0.05, 0.1) is 0 Å². The van der Waals surface area contributed by atoms with E-state index in [2.05, 4.69) is 17.6 Å². The summed E-state index contributed by atoms with van der Waals surface area (Å²) >= 11 is 0. The molecule has 0 aliphatic rings. The van der Waals surface area contributed by atoms with E-state index in [4.69, 9.17) is 0 Å². The van der Waals surface area contributed by atoms with Crippen LogP contribution < -0.4 is 5.32 Å². The standard InChI is InChI=1S/C15H13NO/c1-2-3-10-16-15(17)14-9-8-12-6-4-5-7-13(12)11-14/h3-9,11H,1,10H2,(H,16,17). The Bertz CT molecular complexity index is 595. The second-order valence-electron chi connectivity index (χ2n) is 3.68. The van der Waals surface area contributed by atoms with E-state index in [9.17, 15) is 4.79 Å². The minimum atomic E-state index is -0.0812. The summed E-state index contributed by atoms with van der Waals surface area (Å²) in [6, 6.07) is 13.6. The molecule has 0 saturated carbocycles. The van der Waals surface area contributed by atoms with Crippen LogP contribution in [-0.2, 0) is 0 Å². The van der Waals surface area contributed by atoms with Crippen molar-refractivity contribution in [1.82, 2.24) is 5.32 Å². The van der Waals surface area contributed by atoms with Crippen LogP contribution in [0.25, 0.3) is 10.8 Å². The van der Waals surface area contributed by atoms with Crippen LogP contribution in [-0.4, -0.2) is 12.5 Å². The second-order valence-corrected chi connectivity index (χ2v) is 3.68. The summed E-state index contributed by atoms with van der Waals surface area (Å²) in [5.74, 6) is -0.0812. The Morgan fingerprint density at radius 2 is 2.00 bits per heavy atom. The first-order chi connectivity index (χ1) is 8.31. The normalized spacial score (nSPS) is 9.65. The topological polar surface area (TPSA) is 29.1 Å². The smallest absolute Gasteiger partial charge is 0.251 e. The van der Waals surface area contributed by atoms with E-state index in [0.717, 1.165) is 10.8 Å². The van der Waals surface area contributed by atoms with Crippen molar-refractivity contribution in [1.29, 1.82) is 0 Å². The van der Waals surface area contributed by atoms with Crippen LogP contribution in [0.5, 0.6) is 0 Å². The number of benzene rings is 2. The number of hydrogen-bond acceptors (Lipinski definition) is 1. The molecule has 0 fully saturated rings. The Labute approximate surface area is 100 Å². The average molecular weight is 223 g/mol. The lowest BCUT2D eigenvalue weighted by Crippen LogP contribution is -2.23. The Balaban J connectivity index is 2.23. The zero-order chi connectivity index (χ0) is 12.1. The first-order valence-electron chi connectivity index (χ1n) is 5.42. The summed E-state index contributed by atoms with van der Waals surface area (Å²) in [6.45, 7) is 3.89. The number of hydrogen-bond donors (Lipinski definition) is 1. The van der Waals surface area contributed by atoms with E-state index < -0.39 is 0 Å². The molecule has 1 N–H and O–H groups in total. The van der Waals surface area contributed by atoms with Crippen LogP contribution in [0.1, 0.15) is 10.4 Å². The Hall–Kier alpha value is -2.31. The van der Waals surface area contributed by atoms with Gasteiger partial charge in [-0.05, 0) is 29.0 Å². The van der Waals surface area contributed by atoms with Gasteiger partial charge in [-0.2, -0.15) is 0 Å². The van der Waals surface area contributed by atoms with Gasteiger partial charge in [-0.3, -0.25) is 4.79 Å². The molecule has 0 spiro atoms. The molecule has 0 aliphatic heterocycles. The molecule has 0 bridgehead atoms. The molecule has 17 heavy (non-hydrogen) atoms. The van der Waals surface area contributed by atoms with E-state index in [0.29, 0.717) is 12.1 Å². The number of carbonyl (C=O) groups is 1. The van der Waals surface area contributed by atoms with Gasteiger partial charge in [0.2, 0.25) is 0 Å². The van der Waals surface area contributed by atoms with E-state index in [-0.39, 0.29) is 5.91 Å². The molecule has 84 valence electrons. The minimum Gasteiger partial charge on any atom is -0.348 e. The fraction of sp³-hybridized carbons (Fsp3) is 0.0667. The highest BCUT2D eigenvalue weighted by Gasteiger charge is 2.04. The lowest BCUT2D eigenvalue weighted by Gasteiger charge is -2.03. The summed E-state index contributed by atoms with van der Waals surface area (Å²) in [7, 11) is 0. The van der Waals surface area contributed by atoms with Gasteiger partial charge in [0, 0.05) is 12.1 Å². The Kier molecular flexibility index (Phi) is 3.39. The van der Waals surface area contributed by atoms with Crippen LogP contribution in [0.4, 0.5) is 0 Å². The largest absolute Gasteiger partial charge is 0.348 e. The predicted molar refractivity (Wildman–Crippen MR) is 70.0 cm³/mol. The molecule has 0 aromatic heterocycles. The highest BCUT2D eigenvalue weighted by atomic mass is 16.1. The van der Waals surface area contributed by atoms with Crippen LogP contribution in [0.2, 0.25) is 0 Å². The van der Waals surface area contributed by atoms with Gasteiger partial charge in [-0.15, -0.1) is 5.73 Å². The van der Waals surface area contributed by atoms with Crippen molar-refractivity contribution in [2.45, 2.75) is 0 Å². The highest BCUT2D eigenvalue weighted by Crippen LogP contribution is 2.15. The maximum atomic E-state index is 11.8. The van der Waals surface area contributed by atoms with Gasteiger partial charge >= 0.3 is 0 Å². The van der Waals surface area contributed by atoms with Crippen molar-refractivity contribution in [3.63, 3.8) is 0 Å². The predicted octanol–water partition coefficient (Wildman–Crippen LogP) is 2.91. The molecule has 0 radical (unpaired) electrons. The third-order valence-corrected chi connectivity index (χ3v) is 2.52. The molecular weight excluding hydrogens is 210 g/mol. The van der Waals surface area contributed by atoms with Gasteiger partial charge < -0.3 is 5.32 Å². The molecule has 0 saturated heterocycles. The molecule has 2 aromatic rings. The van der Waals surface area contributed by atoms with Crippen molar-refractivity contribution >= 4 is 16.7 Å². The summed E-state index contributed by atoms with van der Waals surface area (Å²) in [5.41, 5.74) is 3.28. The number of amides is 1. The molecule has 1 amide bonds. The van der Waals surface area contributed by atoms with Crippen molar-refractivity contribution in [2.75, 3.05) is 6.54 Å². The number of nitrogens with one attached hydrogen (secondary N) is 1. The zero-order valence-electron chi connectivity index (χ0n) is 9.44. The van der Waals surface area contributed by atoms with Crippen LogP contribution in [0.3, 0.4) is 0 Å². The SMILES string of the molecule is C=C=CCNC(=O)c1ccc2ccccc2c1. The maximum Gasteiger partial charge on any atom is 0.251 e. The first kappa shape index (κ1) is 11.2. The van der Waals surface area contributed by atoms with Gasteiger partial charge in [-0.25, -0.2) is 0 Å². The van der Waals surface area contributed by atoms with Crippen molar-refractivity contribution in [3.05, 3.63) is 66.4 Å². The van der Waals surface area contributed by atoms with E-state index in [1.165, 1.54) is 0 Å². The molecule has 0 aliphatic carbocycles. The molecule has 2 rings (SSSR count). The Morgan fingerprint density at radius 1 is 1.24 bits per heavy atom. The lowest BCUT2D eigenvalue weighted by molar-refractivity contribution is 0.0958. The van der Waals surface area contributed by atoms with Gasteiger partial charge in [0.15, 0.2) is 0 Å². The molecule has 2 nitrogen and oxygen atoms in total. The fourth-order valence-electron chi connectivity index (χ4n) is 1.65. The first-order valence-corrected chi connectivity index (χ1v) is 5.42. The summed E-state index contributed by atoms with van der Waals surface area (Å²) in [4.78, 5) is 11.8. The number of rotatable bonds is 3. The zero-order valence-corrected chi connectivity index (χ0v) is 9.44. The summed E-state index contributed by atoms with van der Waals surface area (Å²) in [5, 5.41) is 4.97. The van der Waals surface area contributed by atoms with Crippen LogP contribution >= 0.6 is 0 Å². The van der Waals surface area contributed by atoms with Crippen molar-refractivity contribution in [3.8, 4) is 0 Å². The average Bonchev–Trinajstić information content (AvgIpc) is 2.38. The lowest BCUT2D eigenvalue weighted by atomic mass is 10.1. The molecule has 2 aromatic carbocycles. The molecular formula is C15H13NO. The third-order valence-electron chi connectivity index (χ3n) is 2.52. The Morgan fingerprint density at radius 3 is 2.76 bits per heavy atom. The monoisotopic (exact) mass is 223 g/mol. The van der Waals surface area contributed by atoms with Crippen molar-refractivity contribution in [2.24, 2.45) is 0 Å². The van der Waals surface area contributed by atoms with E-state index in [1.54, 1.807) is 6.08 Å². The number of fused-ring (bicyclic) bond motifs is 1. The summed E-state index contributed by atoms with van der Waals surface area (Å²) in [6.07, 6.45) is 1.68. The molecule has 2 heteroatoms.